The molecule has 26 heavy (non-hydrogen) atoms. The number of aromatic nitrogens is 1. The topological polar surface area (TPSA) is 72.6 Å². The summed E-state index contributed by atoms with van der Waals surface area (Å²) in [5.41, 5.74) is 2.53. The number of carboxylic acid groups (broad SMARTS) is 1. The summed E-state index contributed by atoms with van der Waals surface area (Å²) in [6.45, 7) is 2.25. The lowest BCUT2D eigenvalue weighted by atomic mass is 10.1. The Morgan fingerprint density at radius 1 is 1.19 bits per heavy atom. The van der Waals surface area contributed by atoms with Crippen LogP contribution < -0.4 is 4.74 Å². The minimum absolute atomic E-state index is 0.0400. The first-order chi connectivity index (χ1) is 12.5. The number of hydrogen-bond acceptors (Lipinski definition) is 4. The number of nitrogens with zero attached hydrogens (tertiary/aromatic N) is 1. The molecule has 1 heterocycles. The molecule has 0 saturated carbocycles. The second-order valence-electron chi connectivity index (χ2n) is 5.48. The number of halogens is 2. The Labute approximate surface area is 160 Å². The number of benzene rings is 2. The fraction of sp³-hybridized carbons (Fsp3) is 0.158. The average Bonchev–Trinajstić information content (AvgIpc) is 2.99. The molecule has 134 valence electrons. The second-order valence-corrected chi connectivity index (χ2v) is 6.32. The van der Waals surface area contributed by atoms with Crippen molar-refractivity contribution in [2.24, 2.45) is 0 Å². The van der Waals surface area contributed by atoms with Crippen LogP contribution in [0.15, 0.2) is 46.9 Å². The third-order valence-corrected chi connectivity index (χ3v) is 4.16. The number of aliphatic carboxylic acids is 1. The molecule has 0 atom stereocenters. The van der Waals surface area contributed by atoms with E-state index in [1.807, 2.05) is 6.92 Å². The molecule has 7 heteroatoms. The zero-order valence-electron chi connectivity index (χ0n) is 13.8. The van der Waals surface area contributed by atoms with Gasteiger partial charge in [-0.3, -0.25) is 4.79 Å². The van der Waals surface area contributed by atoms with Crippen molar-refractivity contribution in [3.63, 3.8) is 0 Å². The van der Waals surface area contributed by atoms with E-state index < -0.39 is 5.97 Å². The zero-order chi connectivity index (χ0) is 18.7. The van der Waals surface area contributed by atoms with Crippen molar-refractivity contribution >= 4 is 29.2 Å². The van der Waals surface area contributed by atoms with Crippen LogP contribution in [0.25, 0.3) is 22.7 Å². The lowest BCUT2D eigenvalue weighted by molar-refractivity contribution is -0.136. The molecule has 3 rings (SSSR count). The molecule has 0 aliphatic heterocycles. The molecular weight excluding hydrogens is 377 g/mol. The van der Waals surface area contributed by atoms with Crippen LogP contribution in [-0.2, 0) is 11.2 Å². The van der Waals surface area contributed by atoms with Gasteiger partial charge in [0.2, 0.25) is 5.89 Å². The van der Waals surface area contributed by atoms with Crippen molar-refractivity contribution in [2.45, 2.75) is 13.3 Å². The van der Waals surface area contributed by atoms with Gasteiger partial charge in [-0.25, -0.2) is 4.98 Å². The van der Waals surface area contributed by atoms with Crippen molar-refractivity contribution in [3.05, 3.63) is 58.1 Å². The Morgan fingerprint density at radius 2 is 1.92 bits per heavy atom. The minimum Gasteiger partial charge on any atom is -0.481 e. The van der Waals surface area contributed by atoms with Gasteiger partial charge in [0.1, 0.15) is 0 Å². The highest BCUT2D eigenvalue weighted by atomic mass is 35.5. The SMILES string of the molecule is CCOc1oc(-c2ccc(CC(=O)O)cc2)nc1-c1ccc(Cl)cc1Cl. The molecule has 0 spiro atoms. The highest BCUT2D eigenvalue weighted by Crippen LogP contribution is 2.38. The van der Waals surface area contributed by atoms with Crippen LogP contribution in [0.2, 0.25) is 10.0 Å². The summed E-state index contributed by atoms with van der Waals surface area (Å²) in [5, 5.41) is 9.82. The van der Waals surface area contributed by atoms with E-state index in [2.05, 4.69) is 4.98 Å². The lowest BCUT2D eigenvalue weighted by Gasteiger charge is -2.03. The molecule has 1 N–H and O–H groups in total. The van der Waals surface area contributed by atoms with Crippen molar-refractivity contribution in [3.8, 4) is 28.7 Å². The van der Waals surface area contributed by atoms with E-state index in [0.717, 1.165) is 0 Å². The summed E-state index contributed by atoms with van der Waals surface area (Å²) < 4.78 is 11.3. The molecule has 0 aliphatic carbocycles. The van der Waals surface area contributed by atoms with Crippen LogP contribution in [0, 0.1) is 0 Å². The van der Waals surface area contributed by atoms with Crippen molar-refractivity contribution < 1.29 is 19.1 Å². The smallest absolute Gasteiger partial charge is 0.313 e. The maximum absolute atomic E-state index is 10.8. The molecule has 0 unspecified atom stereocenters. The summed E-state index contributed by atoms with van der Waals surface area (Å²) in [6.07, 6.45) is -0.0400. The number of oxazole rings is 1. The van der Waals surface area contributed by atoms with E-state index in [1.165, 1.54) is 0 Å². The standard InChI is InChI=1S/C19H15Cl2NO4/c1-2-25-19-17(14-8-7-13(20)10-15(14)21)22-18(26-19)12-5-3-11(4-6-12)9-16(23)24/h3-8,10H,2,9H2,1H3,(H,23,24). The monoisotopic (exact) mass is 391 g/mol. The average molecular weight is 392 g/mol. The summed E-state index contributed by atoms with van der Waals surface area (Å²) in [7, 11) is 0. The highest BCUT2D eigenvalue weighted by Gasteiger charge is 2.20. The van der Waals surface area contributed by atoms with Crippen LogP contribution in [0.1, 0.15) is 12.5 Å². The van der Waals surface area contributed by atoms with Gasteiger partial charge in [0.15, 0.2) is 5.69 Å². The van der Waals surface area contributed by atoms with Crippen LogP contribution in [0.5, 0.6) is 5.95 Å². The summed E-state index contributed by atoms with van der Waals surface area (Å²) >= 11 is 12.2. The van der Waals surface area contributed by atoms with Crippen molar-refractivity contribution in [1.29, 1.82) is 0 Å². The molecule has 0 saturated heterocycles. The number of carbonyl (C=O) groups is 1. The number of rotatable bonds is 6. The molecule has 1 aromatic heterocycles. The number of hydrogen-bond donors (Lipinski definition) is 1. The molecule has 5 nitrogen and oxygen atoms in total. The fourth-order valence-electron chi connectivity index (χ4n) is 2.45. The van der Waals surface area contributed by atoms with Crippen LogP contribution in [0.3, 0.4) is 0 Å². The summed E-state index contributed by atoms with van der Waals surface area (Å²) in [6, 6.07) is 12.1. The van der Waals surface area contributed by atoms with Gasteiger partial charge in [0, 0.05) is 16.1 Å². The Hall–Kier alpha value is -2.50. The minimum atomic E-state index is -0.882. The lowest BCUT2D eigenvalue weighted by Crippen LogP contribution is -1.99. The van der Waals surface area contributed by atoms with Gasteiger partial charge in [-0.15, -0.1) is 0 Å². The van der Waals surface area contributed by atoms with E-state index in [1.54, 1.807) is 42.5 Å². The predicted octanol–water partition coefficient (Wildman–Crippen LogP) is 5.34. The van der Waals surface area contributed by atoms with Crippen molar-refractivity contribution in [2.75, 3.05) is 6.61 Å². The molecule has 0 fully saturated rings. The maximum atomic E-state index is 10.8. The van der Waals surface area contributed by atoms with Gasteiger partial charge in [-0.05, 0) is 42.8 Å². The van der Waals surface area contributed by atoms with E-state index >= 15 is 0 Å². The van der Waals surface area contributed by atoms with Gasteiger partial charge in [-0.2, -0.15) is 0 Å². The molecule has 0 amide bonds. The van der Waals surface area contributed by atoms with Crippen LogP contribution >= 0.6 is 23.2 Å². The number of ether oxygens (including phenoxy) is 1. The third kappa shape index (κ3) is 4.00. The Balaban J connectivity index is 2.00. The van der Waals surface area contributed by atoms with Crippen molar-refractivity contribution in [1.82, 2.24) is 4.98 Å². The van der Waals surface area contributed by atoms with Crippen LogP contribution in [0.4, 0.5) is 0 Å². The van der Waals surface area contributed by atoms with Gasteiger partial charge >= 0.3 is 11.9 Å². The molecular formula is C19H15Cl2NO4. The van der Waals surface area contributed by atoms with E-state index in [9.17, 15) is 4.79 Å². The van der Waals surface area contributed by atoms with E-state index in [0.29, 0.717) is 44.9 Å². The molecule has 0 aliphatic rings. The quantitative estimate of drug-likeness (QED) is 0.613. The Morgan fingerprint density at radius 3 is 2.54 bits per heavy atom. The Bertz CT molecular complexity index is 935. The Kier molecular flexibility index (Phi) is 5.49. The number of carboxylic acids is 1. The van der Waals surface area contributed by atoms with E-state index in [4.69, 9.17) is 37.5 Å². The highest BCUT2D eigenvalue weighted by molar-refractivity contribution is 6.36. The zero-order valence-corrected chi connectivity index (χ0v) is 15.3. The predicted molar refractivity (Wildman–Crippen MR) is 99.9 cm³/mol. The van der Waals surface area contributed by atoms with Gasteiger partial charge < -0.3 is 14.3 Å². The molecule has 3 aromatic rings. The normalized spacial score (nSPS) is 10.7. The summed E-state index contributed by atoms with van der Waals surface area (Å²) in [4.78, 5) is 15.3. The van der Waals surface area contributed by atoms with Crippen LogP contribution in [-0.4, -0.2) is 22.7 Å². The molecule has 0 bridgehead atoms. The first-order valence-electron chi connectivity index (χ1n) is 7.88. The largest absolute Gasteiger partial charge is 0.481 e. The first kappa shape index (κ1) is 18.3. The maximum Gasteiger partial charge on any atom is 0.313 e. The van der Waals surface area contributed by atoms with E-state index in [-0.39, 0.29) is 12.4 Å². The van der Waals surface area contributed by atoms with Gasteiger partial charge in [0.25, 0.3) is 0 Å². The summed E-state index contributed by atoms with van der Waals surface area (Å²) in [5.74, 6) is -0.259. The fourth-order valence-corrected chi connectivity index (χ4v) is 2.95. The molecule has 2 aromatic carbocycles. The van der Waals surface area contributed by atoms with Gasteiger partial charge in [-0.1, -0.05) is 35.3 Å². The second kappa shape index (κ2) is 7.81. The van der Waals surface area contributed by atoms with Gasteiger partial charge in [0.05, 0.1) is 18.1 Å². The first-order valence-corrected chi connectivity index (χ1v) is 8.63. The third-order valence-electron chi connectivity index (χ3n) is 3.61. The molecule has 0 radical (unpaired) electrons.